The fourth-order valence-corrected chi connectivity index (χ4v) is 5.61. The number of ether oxygens (including phenoxy) is 3. The standard InChI is InChI=1S/C27H29ClN6O5/c1-16-8-21(18-4-3-5-29-11-18)32-26(31-16)34-13-20(10-23(34)25(35)36)39-24-22(9-19(28)12-30-24)33-6-7-38-27(17(33)2)14-37-15-27/h3-5,8-9,11-12,17,20,23H,6-7,10,13-15H2,1-2H3,(H,35,36)/t17-,20-,23-/m0/s1. The van der Waals surface area contributed by atoms with E-state index in [1.165, 1.54) is 0 Å². The number of carboxylic acids is 1. The molecule has 11 nitrogen and oxygen atoms in total. The summed E-state index contributed by atoms with van der Waals surface area (Å²) in [4.78, 5) is 34.1. The molecule has 0 aromatic carbocycles. The van der Waals surface area contributed by atoms with Gasteiger partial charge in [0.15, 0.2) is 0 Å². The van der Waals surface area contributed by atoms with E-state index in [2.05, 4.69) is 26.8 Å². The van der Waals surface area contributed by atoms with Crippen molar-refractivity contribution >= 4 is 29.2 Å². The average molecular weight is 553 g/mol. The van der Waals surface area contributed by atoms with E-state index in [1.807, 2.05) is 31.2 Å². The molecule has 0 bridgehead atoms. The van der Waals surface area contributed by atoms with Crippen LogP contribution >= 0.6 is 11.6 Å². The van der Waals surface area contributed by atoms with Gasteiger partial charge < -0.3 is 29.1 Å². The number of pyridine rings is 2. The van der Waals surface area contributed by atoms with Crippen molar-refractivity contribution in [1.82, 2.24) is 19.9 Å². The van der Waals surface area contributed by atoms with Gasteiger partial charge in [-0.05, 0) is 38.1 Å². The smallest absolute Gasteiger partial charge is 0.326 e. The number of halogens is 1. The molecule has 0 saturated carbocycles. The van der Waals surface area contributed by atoms with E-state index in [9.17, 15) is 9.90 Å². The molecule has 0 radical (unpaired) electrons. The van der Waals surface area contributed by atoms with Crippen molar-refractivity contribution in [3.63, 3.8) is 0 Å². The summed E-state index contributed by atoms with van der Waals surface area (Å²) >= 11 is 6.36. The summed E-state index contributed by atoms with van der Waals surface area (Å²) in [6.07, 6.45) is 4.74. The van der Waals surface area contributed by atoms with Crippen LogP contribution in [0.2, 0.25) is 5.02 Å². The third-order valence-electron chi connectivity index (χ3n) is 7.63. The molecule has 0 amide bonds. The number of carbonyl (C=O) groups is 1. The van der Waals surface area contributed by atoms with Gasteiger partial charge in [0.25, 0.3) is 0 Å². The van der Waals surface area contributed by atoms with E-state index in [1.54, 1.807) is 23.5 Å². The van der Waals surface area contributed by atoms with Gasteiger partial charge in [0.05, 0.1) is 43.1 Å². The van der Waals surface area contributed by atoms with Gasteiger partial charge in [0.1, 0.15) is 23.4 Å². The first-order chi connectivity index (χ1) is 18.8. The van der Waals surface area contributed by atoms with Gasteiger partial charge in [-0.3, -0.25) is 4.98 Å². The van der Waals surface area contributed by atoms with Crippen molar-refractivity contribution in [3.05, 3.63) is 53.6 Å². The number of aliphatic carboxylic acids is 1. The Balaban J connectivity index is 1.27. The minimum atomic E-state index is -0.966. The van der Waals surface area contributed by atoms with E-state index in [0.29, 0.717) is 48.9 Å². The largest absolute Gasteiger partial charge is 0.480 e. The number of hydrogen-bond acceptors (Lipinski definition) is 10. The Labute approximate surface area is 230 Å². The zero-order chi connectivity index (χ0) is 27.1. The fourth-order valence-electron chi connectivity index (χ4n) is 5.45. The highest BCUT2D eigenvalue weighted by Crippen LogP contribution is 2.40. The van der Waals surface area contributed by atoms with Crippen molar-refractivity contribution in [2.75, 3.05) is 42.7 Å². The zero-order valence-electron chi connectivity index (χ0n) is 21.7. The number of anilines is 2. The number of nitrogens with zero attached hydrogens (tertiary/aromatic N) is 6. The van der Waals surface area contributed by atoms with E-state index in [-0.39, 0.29) is 24.6 Å². The molecule has 3 aliphatic heterocycles. The van der Waals surface area contributed by atoms with Crippen LogP contribution < -0.4 is 14.5 Å². The summed E-state index contributed by atoms with van der Waals surface area (Å²) in [6.45, 7) is 6.49. The first-order valence-electron chi connectivity index (χ1n) is 12.9. The molecular weight excluding hydrogens is 524 g/mol. The number of rotatable bonds is 6. The summed E-state index contributed by atoms with van der Waals surface area (Å²) in [7, 11) is 0. The Morgan fingerprint density at radius 1 is 1.23 bits per heavy atom. The lowest BCUT2D eigenvalue weighted by molar-refractivity contribution is -0.228. The third kappa shape index (κ3) is 4.86. The summed E-state index contributed by atoms with van der Waals surface area (Å²) < 4.78 is 17.9. The molecule has 12 heteroatoms. The van der Waals surface area contributed by atoms with Crippen LogP contribution in [0.25, 0.3) is 11.3 Å². The molecule has 1 N–H and O–H groups in total. The first-order valence-corrected chi connectivity index (χ1v) is 13.3. The fraction of sp³-hybridized carbons (Fsp3) is 0.444. The van der Waals surface area contributed by atoms with Crippen LogP contribution in [0.5, 0.6) is 5.88 Å². The molecular formula is C27H29ClN6O5. The van der Waals surface area contributed by atoms with E-state index >= 15 is 0 Å². The lowest BCUT2D eigenvalue weighted by Crippen LogP contribution is -2.68. The molecule has 3 aromatic rings. The predicted octanol–water partition coefficient (Wildman–Crippen LogP) is 3.00. The monoisotopic (exact) mass is 552 g/mol. The Morgan fingerprint density at radius 3 is 2.79 bits per heavy atom. The van der Waals surface area contributed by atoms with Crippen molar-refractivity contribution in [2.45, 2.75) is 44.1 Å². The van der Waals surface area contributed by atoms with Crippen molar-refractivity contribution < 1.29 is 24.1 Å². The average Bonchev–Trinajstić information content (AvgIpc) is 3.34. The number of carboxylic acid groups (broad SMARTS) is 1. The molecule has 3 fully saturated rings. The first kappa shape index (κ1) is 25.7. The SMILES string of the molecule is Cc1cc(-c2cccnc2)nc(N2C[C@@H](Oc3ncc(Cl)cc3N3CCOC4(COC4)[C@@H]3C)C[C@H]2C(=O)O)n1. The van der Waals surface area contributed by atoms with Gasteiger partial charge in [-0.25, -0.2) is 19.7 Å². The second-order valence-electron chi connectivity index (χ2n) is 10.2. The maximum absolute atomic E-state index is 12.3. The number of hydrogen-bond donors (Lipinski definition) is 1. The lowest BCUT2D eigenvalue weighted by Gasteiger charge is -2.53. The summed E-state index contributed by atoms with van der Waals surface area (Å²) in [5, 5.41) is 10.6. The molecule has 1 spiro atoms. The van der Waals surface area contributed by atoms with Crippen LogP contribution in [0.15, 0.2) is 42.9 Å². The predicted molar refractivity (Wildman–Crippen MR) is 143 cm³/mol. The van der Waals surface area contributed by atoms with Crippen LogP contribution in [0.3, 0.4) is 0 Å². The molecule has 0 unspecified atom stereocenters. The second-order valence-corrected chi connectivity index (χ2v) is 10.6. The van der Waals surface area contributed by atoms with E-state index in [4.69, 9.17) is 30.8 Å². The molecule has 6 heterocycles. The van der Waals surface area contributed by atoms with Crippen LogP contribution in [-0.4, -0.2) is 87.7 Å². The topological polar surface area (TPSA) is 123 Å². The number of aromatic nitrogens is 4. The maximum Gasteiger partial charge on any atom is 0.326 e. The van der Waals surface area contributed by atoms with Gasteiger partial charge in [-0.1, -0.05) is 11.6 Å². The van der Waals surface area contributed by atoms with Crippen molar-refractivity contribution in [1.29, 1.82) is 0 Å². The highest BCUT2D eigenvalue weighted by molar-refractivity contribution is 6.30. The van der Waals surface area contributed by atoms with Crippen LogP contribution in [0.4, 0.5) is 11.6 Å². The van der Waals surface area contributed by atoms with Gasteiger partial charge >= 0.3 is 5.97 Å². The van der Waals surface area contributed by atoms with E-state index < -0.39 is 18.1 Å². The number of aryl methyl sites for hydroxylation is 1. The lowest BCUT2D eigenvalue weighted by atomic mass is 9.90. The van der Waals surface area contributed by atoms with Crippen molar-refractivity contribution in [3.8, 4) is 17.1 Å². The normalized spacial score (nSPS) is 24.0. The molecule has 6 rings (SSSR count). The van der Waals surface area contributed by atoms with Crippen LogP contribution in [-0.2, 0) is 14.3 Å². The molecule has 0 aliphatic carbocycles. The number of morpholine rings is 1. The summed E-state index contributed by atoms with van der Waals surface area (Å²) in [5.41, 5.74) is 2.61. The second kappa shape index (κ2) is 10.2. The van der Waals surface area contributed by atoms with Crippen LogP contribution in [0, 0.1) is 6.92 Å². The Hall–Kier alpha value is -3.54. The molecule has 3 aromatic heterocycles. The molecule has 204 valence electrons. The minimum Gasteiger partial charge on any atom is -0.480 e. The highest BCUT2D eigenvalue weighted by Gasteiger charge is 2.50. The van der Waals surface area contributed by atoms with Crippen molar-refractivity contribution in [2.24, 2.45) is 0 Å². The van der Waals surface area contributed by atoms with Crippen LogP contribution in [0.1, 0.15) is 19.0 Å². The zero-order valence-corrected chi connectivity index (χ0v) is 22.4. The molecule has 3 saturated heterocycles. The summed E-state index contributed by atoms with van der Waals surface area (Å²) in [6, 6.07) is 6.59. The minimum absolute atomic E-state index is 0.0149. The summed E-state index contributed by atoms with van der Waals surface area (Å²) in [5.74, 6) is -0.224. The molecule has 3 aliphatic rings. The highest BCUT2D eigenvalue weighted by atomic mass is 35.5. The molecule has 3 atom stereocenters. The van der Waals surface area contributed by atoms with Gasteiger partial charge in [-0.15, -0.1) is 0 Å². The maximum atomic E-state index is 12.3. The third-order valence-corrected chi connectivity index (χ3v) is 7.84. The Kier molecular flexibility index (Phi) is 6.74. The van der Waals surface area contributed by atoms with Gasteiger partial charge in [0.2, 0.25) is 11.8 Å². The van der Waals surface area contributed by atoms with Gasteiger partial charge in [0, 0.05) is 42.8 Å². The van der Waals surface area contributed by atoms with Gasteiger partial charge in [-0.2, -0.15) is 0 Å². The Morgan fingerprint density at radius 2 is 2.08 bits per heavy atom. The molecule has 39 heavy (non-hydrogen) atoms. The Bertz CT molecular complexity index is 1370. The quantitative estimate of drug-likeness (QED) is 0.485. The van der Waals surface area contributed by atoms with E-state index in [0.717, 1.165) is 16.9 Å².